The molecule has 0 spiro atoms. The van der Waals surface area contributed by atoms with E-state index in [1.54, 1.807) is 0 Å². The zero-order chi connectivity index (χ0) is 14.5. The van der Waals surface area contributed by atoms with Crippen molar-refractivity contribution >= 4 is 6.03 Å². The van der Waals surface area contributed by atoms with E-state index in [2.05, 4.69) is 50.4 Å². The Labute approximate surface area is 122 Å². The number of rotatable bonds is 3. The maximum Gasteiger partial charge on any atom is 0.317 e. The normalized spacial score (nSPS) is 19.2. The van der Waals surface area contributed by atoms with Crippen LogP contribution in [0.1, 0.15) is 50.7 Å². The molecule has 2 rings (SSSR count). The van der Waals surface area contributed by atoms with Gasteiger partial charge in [-0.2, -0.15) is 0 Å². The van der Waals surface area contributed by atoms with Gasteiger partial charge < -0.3 is 10.2 Å². The molecule has 0 aliphatic carbocycles. The largest absolute Gasteiger partial charge is 0.334 e. The number of likely N-dealkylation sites (tertiary alicyclic amines) is 1. The highest BCUT2D eigenvalue weighted by Crippen LogP contribution is 2.16. The van der Waals surface area contributed by atoms with Crippen LogP contribution in [-0.4, -0.2) is 24.0 Å². The number of nitrogens with one attached hydrogen (secondary N) is 1. The number of nitrogens with zero attached hydrogens (tertiary/aromatic N) is 1. The van der Waals surface area contributed by atoms with Crippen molar-refractivity contribution in [1.82, 2.24) is 10.2 Å². The van der Waals surface area contributed by atoms with E-state index in [0.717, 1.165) is 25.1 Å². The van der Waals surface area contributed by atoms with Crippen LogP contribution in [0.5, 0.6) is 0 Å². The van der Waals surface area contributed by atoms with Gasteiger partial charge in [0.2, 0.25) is 0 Å². The zero-order valence-corrected chi connectivity index (χ0v) is 12.9. The quantitative estimate of drug-likeness (QED) is 0.894. The molecule has 0 saturated carbocycles. The lowest BCUT2D eigenvalue weighted by Gasteiger charge is -2.30. The van der Waals surface area contributed by atoms with Crippen molar-refractivity contribution in [2.24, 2.45) is 5.92 Å². The predicted molar refractivity (Wildman–Crippen MR) is 82.7 cm³/mol. The fraction of sp³-hybridized carbons (Fsp3) is 0.588. The molecule has 0 radical (unpaired) electrons. The van der Waals surface area contributed by atoms with E-state index in [0.29, 0.717) is 18.4 Å². The van der Waals surface area contributed by atoms with E-state index < -0.39 is 0 Å². The Morgan fingerprint density at radius 2 is 2.05 bits per heavy atom. The van der Waals surface area contributed by atoms with Gasteiger partial charge in [-0.25, -0.2) is 4.79 Å². The molecule has 1 fully saturated rings. The minimum atomic E-state index is 0.0736. The van der Waals surface area contributed by atoms with Crippen molar-refractivity contribution in [1.29, 1.82) is 0 Å². The fourth-order valence-electron chi connectivity index (χ4n) is 2.68. The molecule has 3 nitrogen and oxygen atoms in total. The van der Waals surface area contributed by atoms with Gasteiger partial charge in [0.15, 0.2) is 0 Å². The second kappa shape index (κ2) is 6.78. The maximum absolute atomic E-state index is 12.1. The standard InChI is InChI=1S/C17H26N2O/c1-13(2)16-8-6-15(7-9-16)11-18-17(20)19-10-4-5-14(3)12-19/h6-9,13-14H,4-5,10-12H2,1-3H3,(H,18,20). The number of amides is 2. The third kappa shape index (κ3) is 3.99. The first kappa shape index (κ1) is 14.9. The highest BCUT2D eigenvalue weighted by molar-refractivity contribution is 5.74. The monoisotopic (exact) mass is 274 g/mol. The SMILES string of the molecule is CC1CCCN(C(=O)NCc2ccc(C(C)C)cc2)C1. The van der Waals surface area contributed by atoms with Crippen LogP contribution in [0.4, 0.5) is 4.79 Å². The molecule has 1 saturated heterocycles. The summed E-state index contributed by atoms with van der Waals surface area (Å²) in [6.45, 7) is 8.98. The Morgan fingerprint density at radius 1 is 1.35 bits per heavy atom. The lowest BCUT2D eigenvalue weighted by molar-refractivity contribution is 0.169. The smallest absolute Gasteiger partial charge is 0.317 e. The summed E-state index contributed by atoms with van der Waals surface area (Å²) >= 11 is 0. The van der Waals surface area contributed by atoms with Gasteiger partial charge in [-0.05, 0) is 35.8 Å². The zero-order valence-electron chi connectivity index (χ0n) is 12.9. The topological polar surface area (TPSA) is 32.3 Å². The van der Waals surface area contributed by atoms with E-state index in [1.165, 1.54) is 12.0 Å². The molecule has 110 valence electrons. The maximum atomic E-state index is 12.1. The molecule has 20 heavy (non-hydrogen) atoms. The molecule has 0 aromatic heterocycles. The summed E-state index contributed by atoms with van der Waals surface area (Å²) in [5, 5.41) is 3.02. The lowest BCUT2D eigenvalue weighted by atomic mass is 10.0. The van der Waals surface area contributed by atoms with Gasteiger partial charge in [0.25, 0.3) is 0 Å². The second-order valence-corrected chi connectivity index (χ2v) is 6.25. The third-order valence-corrected chi connectivity index (χ3v) is 4.03. The van der Waals surface area contributed by atoms with Crippen LogP contribution in [0, 0.1) is 5.92 Å². The molecule has 1 aromatic carbocycles. The van der Waals surface area contributed by atoms with Crippen molar-refractivity contribution in [2.75, 3.05) is 13.1 Å². The molecule has 1 aliphatic rings. The van der Waals surface area contributed by atoms with Crippen molar-refractivity contribution in [2.45, 2.75) is 46.1 Å². The van der Waals surface area contributed by atoms with Crippen LogP contribution < -0.4 is 5.32 Å². The Kier molecular flexibility index (Phi) is 5.05. The van der Waals surface area contributed by atoms with Crippen molar-refractivity contribution in [3.05, 3.63) is 35.4 Å². The van der Waals surface area contributed by atoms with Crippen molar-refractivity contribution < 1.29 is 4.79 Å². The molecule has 1 heterocycles. The summed E-state index contributed by atoms with van der Waals surface area (Å²) in [5.41, 5.74) is 2.50. The summed E-state index contributed by atoms with van der Waals surface area (Å²) in [6, 6.07) is 8.58. The number of piperidine rings is 1. The molecule has 2 amide bonds. The van der Waals surface area contributed by atoms with Gasteiger partial charge >= 0.3 is 6.03 Å². The van der Waals surface area contributed by atoms with Gasteiger partial charge in [-0.1, -0.05) is 45.0 Å². The van der Waals surface area contributed by atoms with E-state index in [9.17, 15) is 4.79 Å². The highest BCUT2D eigenvalue weighted by Gasteiger charge is 2.20. The molecule has 1 aromatic rings. The van der Waals surface area contributed by atoms with Gasteiger partial charge in [-0.15, -0.1) is 0 Å². The molecule has 0 bridgehead atoms. The summed E-state index contributed by atoms with van der Waals surface area (Å²) in [7, 11) is 0. The average molecular weight is 274 g/mol. The Morgan fingerprint density at radius 3 is 2.65 bits per heavy atom. The van der Waals surface area contributed by atoms with Crippen LogP contribution in [0.15, 0.2) is 24.3 Å². The van der Waals surface area contributed by atoms with Crippen LogP contribution in [-0.2, 0) is 6.54 Å². The fourth-order valence-corrected chi connectivity index (χ4v) is 2.68. The molecular formula is C17H26N2O. The molecule has 1 aliphatic heterocycles. The van der Waals surface area contributed by atoms with Gasteiger partial charge in [0, 0.05) is 19.6 Å². The van der Waals surface area contributed by atoms with Crippen LogP contribution >= 0.6 is 0 Å². The summed E-state index contributed by atoms with van der Waals surface area (Å²) in [6.07, 6.45) is 2.36. The Hall–Kier alpha value is -1.51. The van der Waals surface area contributed by atoms with Crippen LogP contribution in [0.2, 0.25) is 0 Å². The van der Waals surface area contributed by atoms with Crippen LogP contribution in [0.3, 0.4) is 0 Å². The lowest BCUT2D eigenvalue weighted by Crippen LogP contribution is -2.44. The van der Waals surface area contributed by atoms with Crippen molar-refractivity contribution in [3.8, 4) is 0 Å². The second-order valence-electron chi connectivity index (χ2n) is 6.25. The first-order valence-electron chi connectivity index (χ1n) is 7.68. The first-order valence-corrected chi connectivity index (χ1v) is 7.68. The minimum absolute atomic E-state index is 0.0736. The van der Waals surface area contributed by atoms with Crippen LogP contribution in [0.25, 0.3) is 0 Å². The molecule has 1 atom stereocenters. The summed E-state index contributed by atoms with van der Waals surface area (Å²) in [5.74, 6) is 1.17. The van der Waals surface area contributed by atoms with Crippen molar-refractivity contribution in [3.63, 3.8) is 0 Å². The predicted octanol–water partition coefficient (Wildman–Crippen LogP) is 3.75. The number of urea groups is 1. The van der Waals surface area contributed by atoms with E-state index in [4.69, 9.17) is 0 Å². The first-order chi connectivity index (χ1) is 9.56. The Bertz CT molecular complexity index is 439. The summed E-state index contributed by atoms with van der Waals surface area (Å²) < 4.78 is 0. The van der Waals surface area contributed by atoms with Gasteiger partial charge in [0.05, 0.1) is 0 Å². The van der Waals surface area contributed by atoms with Gasteiger partial charge in [-0.3, -0.25) is 0 Å². The Balaban J connectivity index is 1.83. The number of hydrogen-bond donors (Lipinski definition) is 1. The average Bonchev–Trinajstić information content (AvgIpc) is 2.45. The van der Waals surface area contributed by atoms with E-state index >= 15 is 0 Å². The number of carbonyl (C=O) groups excluding carboxylic acids is 1. The van der Waals surface area contributed by atoms with Gasteiger partial charge in [0.1, 0.15) is 0 Å². The highest BCUT2D eigenvalue weighted by atomic mass is 16.2. The molecular weight excluding hydrogens is 248 g/mol. The summed E-state index contributed by atoms with van der Waals surface area (Å²) in [4.78, 5) is 14.0. The van der Waals surface area contributed by atoms with E-state index in [1.807, 2.05) is 4.90 Å². The minimum Gasteiger partial charge on any atom is -0.334 e. The third-order valence-electron chi connectivity index (χ3n) is 4.03. The van der Waals surface area contributed by atoms with E-state index in [-0.39, 0.29) is 6.03 Å². The number of carbonyl (C=O) groups is 1. The molecule has 1 N–H and O–H groups in total. The number of benzene rings is 1. The number of hydrogen-bond acceptors (Lipinski definition) is 1. The molecule has 3 heteroatoms. The molecule has 1 unspecified atom stereocenters.